The minimum absolute atomic E-state index is 0.0847. The van der Waals surface area contributed by atoms with Crippen LogP contribution < -0.4 is 10.2 Å². The minimum atomic E-state index is -0.524. The maximum absolute atomic E-state index is 13.9. The van der Waals surface area contributed by atoms with Crippen LogP contribution in [0.4, 0.5) is 5.69 Å². The van der Waals surface area contributed by atoms with E-state index in [0.29, 0.717) is 10.6 Å². The number of anilines is 1. The molecule has 2 fully saturated rings. The van der Waals surface area contributed by atoms with Crippen molar-refractivity contribution in [2.24, 2.45) is 5.41 Å². The van der Waals surface area contributed by atoms with E-state index in [1.54, 1.807) is 0 Å². The predicted octanol–water partition coefficient (Wildman–Crippen LogP) is 6.80. The molecule has 1 N–H and O–H groups in total. The third-order valence-electron chi connectivity index (χ3n) is 9.98. The monoisotopic (exact) mass is 604 g/mol. The Bertz CT molecular complexity index is 1650. The lowest BCUT2D eigenvalue weighted by molar-refractivity contribution is -0.122. The van der Waals surface area contributed by atoms with E-state index in [9.17, 15) is 9.59 Å². The Hall–Kier alpha value is -4.16. The Morgan fingerprint density at radius 1 is 0.886 bits per heavy atom. The first-order valence-electron chi connectivity index (χ1n) is 15.7. The molecule has 224 valence electrons. The van der Waals surface area contributed by atoms with Crippen molar-refractivity contribution >= 4 is 29.1 Å². The molecule has 4 aromatic rings. The van der Waals surface area contributed by atoms with Gasteiger partial charge in [-0.05, 0) is 90.1 Å². The van der Waals surface area contributed by atoms with Crippen LogP contribution in [0.2, 0.25) is 5.02 Å². The molecule has 2 atom stereocenters. The number of halogens is 1. The minimum Gasteiger partial charge on any atom is -0.371 e. The van der Waals surface area contributed by atoms with Gasteiger partial charge in [0, 0.05) is 54.8 Å². The number of pyridine rings is 1. The fourth-order valence-corrected chi connectivity index (χ4v) is 7.71. The van der Waals surface area contributed by atoms with Gasteiger partial charge in [-0.2, -0.15) is 0 Å². The van der Waals surface area contributed by atoms with Crippen molar-refractivity contribution in [3.05, 3.63) is 130 Å². The van der Waals surface area contributed by atoms with E-state index in [1.807, 2.05) is 79.1 Å². The van der Waals surface area contributed by atoms with E-state index < -0.39 is 5.92 Å². The Labute approximate surface area is 264 Å². The highest BCUT2D eigenvalue weighted by Gasteiger charge is 2.42. The van der Waals surface area contributed by atoms with Crippen LogP contribution in [0.15, 0.2) is 97.3 Å². The quantitative estimate of drug-likeness (QED) is 0.263. The van der Waals surface area contributed by atoms with E-state index >= 15 is 0 Å². The molecule has 0 bridgehead atoms. The molecule has 2 saturated heterocycles. The number of nitrogens with one attached hydrogen (secondary N) is 1. The van der Waals surface area contributed by atoms with Gasteiger partial charge in [0.2, 0.25) is 5.91 Å². The fraction of sp³-hybridized carbons (Fsp3) is 0.324. The maximum atomic E-state index is 13.9. The second kappa shape index (κ2) is 12.1. The topological polar surface area (TPSA) is 65.5 Å². The SMILES string of the molecule is O=C(NC1CCc2ccc(C(=O)N3CCC4(CCN(c5ccncc5)CC4)C3)cc21)C(c1ccccc1)c1ccccc1Cl. The molecule has 7 heteroatoms. The van der Waals surface area contributed by atoms with Crippen LogP contribution in [0.1, 0.15) is 70.3 Å². The van der Waals surface area contributed by atoms with Crippen molar-refractivity contribution in [1.29, 1.82) is 0 Å². The van der Waals surface area contributed by atoms with Gasteiger partial charge < -0.3 is 15.1 Å². The van der Waals surface area contributed by atoms with E-state index in [4.69, 9.17) is 11.6 Å². The molecule has 2 aliphatic heterocycles. The van der Waals surface area contributed by atoms with E-state index in [0.717, 1.165) is 75.0 Å². The summed E-state index contributed by atoms with van der Waals surface area (Å²) in [5, 5.41) is 3.90. The van der Waals surface area contributed by atoms with Crippen LogP contribution in [-0.2, 0) is 11.2 Å². The number of aromatic nitrogens is 1. The molecular formula is C37H37ClN4O2. The van der Waals surface area contributed by atoms with Gasteiger partial charge in [0.15, 0.2) is 0 Å². The number of likely N-dealkylation sites (tertiary alicyclic amines) is 1. The largest absolute Gasteiger partial charge is 0.371 e. The number of aryl methyl sites for hydroxylation is 1. The van der Waals surface area contributed by atoms with Crippen LogP contribution >= 0.6 is 11.6 Å². The number of fused-ring (bicyclic) bond motifs is 1. The van der Waals surface area contributed by atoms with Crippen LogP contribution in [-0.4, -0.2) is 47.9 Å². The smallest absolute Gasteiger partial charge is 0.253 e. The van der Waals surface area contributed by atoms with Crippen molar-refractivity contribution in [2.75, 3.05) is 31.1 Å². The first-order valence-corrected chi connectivity index (χ1v) is 16.0. The number of rotatable bonds is 6. The second-order valence-corrected chi connectivity index (χ2v) is 13.0. The zero-order chi connectivity index (χ0) is 30.1. The van der Waals surface area contributed by atoms with Gasteiger partial charge in [-0.1, -0.05) is 66.2 Å². The summed E-state index contributed by atoms with van der Waals surface area (Å²) in [7, 11) is 0. The van der Waals surface area contributed by atoms with Gasteiger partial charge in [-0.15, -0.1) is 0 Å². The molecule has 1 aliphatic carbocycles. The molecular weight excluding hydrogens is 568 g/mol. The molecule has 3 aromatic carbocycles. The predicted molar refractivity (Wildman–Crippen MR) is 174 cm³/mol. The zero-order valence-electron chi connectivity index (χ0n) is 24.8. The molecule has 44 heavy (non-hydrogen) atoms. The Morgan fingerprint density at radius 2 is 1.61 bits per heavy atom. The highest BCUT2D eigenvalue weighted by atomic mass is 35.5. The first kappa shape index (κ1) is 28.6. The number of benzene rings is 3. The lowest BCUT2D eigenvalue weighted by Gasteiger charge is -2.40. The van der Waals surface area contributed by atoms with Gasteiger partial charge in [-0.25, -0.2) is 0 Å². The summed E-state index contributed by atoms with van der Waals surface area (Å²) in [6.07, 6.45) is 8.61. The lowest BCUT2D eigenvalue weighted by atomic mass is 9.77. The van der Waals surface area contributed by atoms with Gasteiger partial charge in [-0.3, -0.25) is 14.6 Å². The number of hydrogen-bond donors (Lipinski definition) is 1. The average molecular weight is 605 g/mol. The van der Waals surface area contributed by atoms with Crippen molar-refractivity contribution in [1.82, 2.24) is 15.2 Å². The number of nitrogens with zero attached hydrogens (tertiary/aromatic N) is 3. The van der Waals surface area contributed by atoms with E-state index in [1.165, 1.54) is 11.3 Å². The number of carbonyl (C=O) groups is 2. The van der Waals surface area contributed by atoms with Gasteiger partial charge in [0.05, 0.1) is 12.0 Å². The first-order chi connectivity index (χ1) is 21.5. The molecule has 2 unspecified atom stereocenters. The average Bonchev–Trinajstić information content (AvgIpc) is 3.67. The molecule has 0 radical (unpaired) electrons. The van der Waals surface area contributed by atoms with Crippen LogP contribution in [0.25, 0.3) is 0 Å². The summed E-state index contributed by atoms with van der Waals surface area (Å²) in [6, 6.07) is 27.4. The highest BCUT2D eigenvalue weighted by Crippen LogP contribution is 2.42. The summed E-state index contributed by atoms with van der Waals surface area (Å²) in [5.41, 5.74) is 6.06. The zero-order valence-corrected chi connectivity index (χ0v) is 25.5. The third-order valence-corrected chi connectivity index (χ3v) is 10.3. The Balaban J connectivity index is 1.05. The molecule has 1 aromatic heterocycles. The molecule has 0 saturated carbocycles. The number of carbonyl (C=O) groups excluding carboxylic acids is 2. The highest BCUT2D eigenvalue weighted by molar-refractivity contribution is 6.31. The Morgan fingerprint density at radius 3 is 2.39 bits per heavy atom. The molecule has 6 nitrogen and oxygen atoms in total. The fourth-order valence-electron chi connectivity index (χ4n) is 7.46. The molecule has 2 amide bonds. The van der Waals surface area contributed by atoms with E-state index in [-0.39, 0.29) is 23.3 Å². The van der Waals surface area contributed by atoms with Gasteiger partial charge in [0.25, 0.3) is 5.91 Å². The number of amides is 2. The summed E-state index contributed by atoms with van der Waals surface area (Å²) in [4.78, 5) is 36.4. The molecule has 7 rings (SSSR count). The number of piperidine rings is 1. The second-order valence-electron chi connectivity index (χ2n) is 12.5. The van der Waals surface area contributed by atoms with Crippen molar-refractivity contribution in [3.8, 4) is 0 Å². The van der Waals surface area contributed by atoms with Crippen molar-refractivity contribution in [2.45, 2.75) is 44.1 Å². The maximum Gasteiger partial charge on any atom is 0.253 e. The van der Waals surface area contributed by atoms with E-state index in [2.05, 4.69) is 38.3 Å². The van der Waals surface area contributed by atoms with Crippen LogP contribution in [0, 0.1) is 5.41 Å². The van der Waals surface area contributed by atoms with Gasteiger partial charge >= 0.3 is 0 Å². The van der Waals surface area contributed by atoms with Crippen LogP contribution in [0.3, 0.4) is 0 Å². The standard InChI is InChI=1S/C37H37ClN4O2/c38-32-9-5-4-8-30(32)34(27-6-2-1-3-7-27)35(43)40-33-13-12-26-10-11-28(24-31(26)33)36(44)42-23-18-37(25-42)16-21-41(22-17-37)29-14-19-39-20-15-29/h1-11,14-15,19-20,24,33-34H,12-13,16-18,21-23,25H2,(H,40,43). The summed E-state index contributed by atoms with van der Waals surface area (Å²) < 4.78 is 0. The molecule has 3 aliphatic rings. The summed E-state index contributed by atoms with van der Waals surface area (Å²) >= 11 is 6.59. The lowest BCUT2D eigenvalue weighted by Crippen LogP contribution is -2.42. The molecule has 1 spiro atoms. The Kier molecular flexibility index (Phi) is 7.85. The van der Waals surface area contributed by atoms with Gasteiger partial charge in [0.1, 0.15) is 0 Å². The van der Waals surface area contributed by atoms with Crippen molar-refractivity contribution in [3.63, 3.8) is 0 Å². The third kappa shape index (κ3) is 5.59. The summed E-state index contributed by atoms with van der Waals surface area (Å²) in [6.45, 7) is 3.61. The van der Waals surface area contributed by atoms with Crippen molar-refractivity contribution < 1.29 is 9.59 Å². The van der Waals surface area contributed by atoms with Crippen LogP contribution in [0.5, 0.6) is 0 Å². The normalized spacial score (nSPS) is 19.5. The molecule has 3 heterocycles. The summed E-state index contributed by atoms with van der Waals surface area (Å²) in [5.74, 6) is -0.514. The number of hydrogen-bond acceptors (Lipinski definition) is 4.